The molecule has 6 heteroatoms. The maximum absolute atomic E-state index is 11.1. The van der Waals surface area contributed by atoms with Crippen molar-refractivity contribution in [2.75, 3.05) is 30.5 Å². The van der Waals surface area contributed by atoms with Crippen LogP contribution < -0.4 is 4.90 Å². The lowest BCUT2D eigenvalue weighted by Gasteiger charge is -2.20. The Morgan fingerprint density at radius 3 is 2.61 bits per heavy atom. The first-order chi connectivity index (χ1) is 8.37. The van der Waals surface area contributed by atoms with E-state index in [1.165, 1.54) is 6.26 Å². The second-order valence-corrected chi connectivity index (χ2v) is 6.68. The van der Waals surface area contributed by atoms with E-state index in [9.17, 15) is 8.42 Å². The van der Waals surface area contributed by atoms with Gasteiger partial charge in [0.1, 0.15) is 15.9 Å². The molecule has 0 aromatic heterocycles. The lowest BCUT2D eigenvalue weighted by Crippen LogP contribution is -2.25. The van der Waals surface area contributed by atoms with E-state index in [-0.39, 0.29) is 5.75 Å². The number of hydrogen-bond donors (Lipinski definition) is 0. The second kappa shape index (κ2) is 6.07. The van der Waals surface area contributed by atoms with E-state index < -0.39 is 9.84 Å². The lowest BCUT2D eigenvalue weighted by atomic mass is 10.1. The summed E-state index contributed by atoms with van der Waals surface area (Å²) in [6.45, 7) is 0.355. The number of alkyl halides is 1. The van der Waals surface area contributed by atoms with Gasteiger partial charge in [0.15, 0.2) is 0 Å². The molecule has 0 aliphatic heterocycles. The number of hydrogen-bond acceptors (Lipinski definition) is 4. The summed E-state index contributed by atoms with van der Waals surface area (Å²) in [6.07, 6.45) is 1.20. The van der Waals surface area contributed by atoms with E-state index in [4.69, 9.17) is 16.9 Å². The Kier molecular flexibility index (Phi) is 5.00. The van der Waals surface area contributed by atoms with Crippen LogP contribution in [0.2, 0.25) is 0 Å². The predicted molar refractivity (Wildman–Crippen MR) is 73.7 cm³/mol. The van der Waals surface area contributed by atoms with Gasteiger partial charge in [-0.3, -0.25) is 0 Å². The molecule has 18 heavy (non-hydrogen) atoms. The van der Waals surface area contributed by atoms with Crippen molar-refractivity contribution >= 4 is 27.1 Å². The Labute approximate surface area is 113 Å². The van der Waals surface area contributed by atoms with Crippen molar-refractivity contribution in [1.82, 2.24) is 0 Å². The third-order valence-electron chi connectivity index (χ3n) is 2.54. The van der Waals surface area contributed by atoms with Crippen LogP contribution in [0, 0.1) is 11.3 Å². The molecule has 0 fully saturated rings. The summed E-state index contributed by atoms with van der Waals surface area (Å²) >= 11 is 5.71. The summed E-state index contributed by atoms with van der Waals surface area (Å²) in [4.78, 5) is 1.76. The van der Waals surface area contributed by atoms with Crippen molar-refractivity contribution in [2.24, 2.45) is 0 Å². The minimum Gasteiger partial charge on any atom is -0.373 e. The van der Waals surface area contributed by atoms with Crippen LogP contribution in [0.4, 0.5) is 5.69 Å². The zero-order valence-corrected chi connectivity index (χ0v) is 11.9. The summed E-state index contributed by atoms with van der Waals surface area (Å²) in [5, 5.41) is 9.08. The topological polar surface area (TPSA) is 61.2 Å². The average Bonchev–Trinajstić information content (AvgIpc) is 2.34. The molecule has 0 atom stereocenters. The minimum atomic E-state index is -3.01. The fourth-order valence-electron chi connectivity index (χ4n) is 1.51. The monoisotopic (exact) mass is 286 g/mol. The van der Waals surface area contributed by atoms with E-state index >= 15 is 0 Å². The Hall–Kier alpha value is -1.25. The standard InChI is InChI=1S/C12H15ClN2O2S/c1-15(5-6-18(2,16)17)12-4-3-10(8-13)7-11(12)9-14/h3-4,7H,5-6,8H2,1-2H3. The summed E-state index contributed by atoms with van der Waals surface area (Å²) in [6, 6.07) is 7.44. The van der Waals surface area contributed by atoms with Crippen LogP contribution in [0.3, 0.4) is 0 Å². The summed E-state index contributed by atoms with van der Waals surface area (Å²) in [5.74, 6) is 0.410. The number of anilines is 1. The van der Waals surface area contributed by atoms with Crippen molar-refractivity contribution in [3.05, 3.63) is 29.3 Å². The van der Waals surface area contributed by atoms with E-state index in [2.05, 4.69) is 6.07 Å². The molecule has 0 unspecified atom stereocenters. The van der Waals surface area contributed by atoms with Crippen molar-refractivity contribution in [1.29, 1.82) is 5.26 Å². The van der Waals surface area contributed by atoms with Gasteiger partial charge in [0, 0.05) is 25.7 Å². The first-order valence-electron chi connectivity index (χ1n) is 5.35. The number of sulfone groups is 1. The van der Waals surface area contributed by atoms with E-state index in [0.29, 0.717) is 18.0 Å². The summed E-state index contributed by atoms with van der Waals surface area (Å²) < 4.78 is 22.2. The maximum Gasteiger partial charge on any atom is 0.149 e. The van der Waals surface area contributed by atoms with E-state index in [1.807, 2.05) is 6.07 Å². The number of rotatable bonds is 5. The molecule has 1 aromatic rings. The highest BCUT2D eigenvalue weighted by molar-refractivity contribution is 7.90. The molecule has 4 nitrogen and oxygen atoms in total. The largest absolute Gasteiger partial charge is 0.373 e. The third kappa shape index (κ3) is 4.21. The first-order valence-corrected chi connectivity index (χ1v) is 7.94. The van der Waals surface area contributed by atoms with Crippen LogP contribution >= 0.6 is 11.6 Å². The third-order valence-corrected chi connectivity index (χ3v) is 3.78. The van der Waals surface area contributed by atoms with Crippen LogP contribution in [-0.4, -0.2) is 34.0 Å². The van der Waals surface area contributed by atoms with Gasteiger partial charge in [0.05, 0.1) is 17.0 Å². The van der Waals surface area contributed by atoms with Gasteiger partial charge in [-0.25, -0.2) is 8.42 Å². The molecular formula is C12H15ClN2O2S. The molecular weight excluding hydrogens is 272 g/mol. The fraction of sp³-hybridized carbons (Fsp3) is 0.417. The van der Waals surface area contributed by atoms with Gasteiger partial charge in [-0.2, -0.15) is 5.26 Å². The van der Waals surface area contributed by atoms with Gasteiger partial charge >= 0.3 is 0 Å². The van der Waals surface area contributed by atoms with Crippen LogP contribution in [0.1, 0.15) is 11.1 Å². The summed E-state index contributed by atoms with van der Waals surface area (Å²) in [7, 11) is -1.24. The molecule has 0 amide bonds. The highest BCUT2D eigenvalue weighted by Crippen LogP contribution is 2.21. The van der Waals surface area contributed by atoms with E-state index in [0.717, 1.165) is 11.3 Å². The maximum atomic E-state index is 11.1. The quantitative estimate of drug-likeness (QED) is 0.774. The zero-order valence-electron chi connectivity index (χ0n) is 10.4. The van der Waals surface area contributed by atoms with Crippen molar-refractivity contribution < 1.29 is 8.42 Å². The Balaban J connectivity index is 2.92. The fourth-order valence-corrected chi connectivity index (χ4v) is 2.28. The highest BCUT2D eigenvalue weighted by atomic mass is 35.5. The second-order valence-electron chi connectivity index (χ2n) is 4.15. The van der Waals surface area contributed by atoms with Crippen LogP contribution in [0.5, 0.6) is 0 Å². The predicted octanol–water partition coefficient (Wildman–Crippen LogP) is 1.78. The Morgan fingerprint density at radius 1 is 1.44 bits per heavy atom. The van der Waals surface area contributed by atoms with Gasteiger partial charge in [0.25, 0.3) is 0 Å². The summed E-state index contributed by atoms with van der Waals surface area (Å²) in [5.41, 5.74) is 2.09. The molecule has 0 bridgehead atoms. The smallest absolute Gasteiger partial charge is 0.149 e. The molecule has 0 aliphatic carbocycles. The molecule has 0 heterocycles. The van der Waals surface area contributed by atoms with Crippen LogP contribution in [-0.2, 0) is 15.7 Å². The Morgan fingerprint density at radius 2 is 2.11 bits per heavy atom. The number of nitriles is 1. The molecule has 1 aromatic carbocycles. The molecule has 0 radical (unpaired) electrons. The van der Waals surface area contributed by atoms with Crippen LogP contribution in [0.15, 0.2) is 18.2 Å². The minimum absolute atomic E-state index is 0.0611. The van der Waals surface area contributed by atoms with Gasteiger partial charge in [-0.15, -0.1) is 11.6 Å². The van der Waals surface area contributed by atoms with Crippen molar-refractivity contribution in [3.8, 4) is 6.07 Å². The molecule has 0 saturated heterocycles. The zero-order chi connectivity index (χ0) is 13.8. The van der Waals surface area contributed by atoms with Crippen molar-refractivity contribution in [3.63, 3.8) is 0 Å². The molecule has 0 spiro atoms. The first kappa shape index (κ1) is 14.8. The van der Waals surface area contributed by atoms with Crippen LogP contribution in [0.25, 0.3) is 0 Å². The number of benzene rings is 1. The number of nitrogens with zero attached hydrogens (tertiary/aromatic N) is 2. The van der Waals surface area contributed by atoms with Gasteiger partial charge < -0.3 is 4.90 Å². The molecule has 98 valence electrons. The number of halogens is 1. The average molecular weight is 287 g/mol. The molecule has 0 N–H and O–H groups in total. The van der Waals surface area contributed by atoms with Crippen molar-refractivity contribution in [2.45, 2.75) is 5.88 Å². The lowest BCUT2D eigenvalue weighted by molar-refractivity contribution is 0.601. The normalized spacial score (nSPS) is 11.0. The molecule has 0 saturated carbocycles. The molecule has 0 aliphatic rings. The van der Waals surface area contributed by atoms with Gasteiger partial charge in [0.2, 0.25) is 0 Å². The SMILES string of the molecule is CN(CCS(C)(=O)=O)c1ccc(CCl)cc1C#N. The van der Waals surface area contributed by atoms with Gasteiger partial charge in [-0.1, -0.05) is 6.07 Å². The van der Waals surface area contributed by atoms with E-state index in [1.54, 1.807) is 24.1 Å². The van der Waals surface area contributed by atoms with Gasteiger partial charge in [-0.05, 0) is 17.7 Å². The highest BCUT2D eigenvalue weighted by Gasteiger charge is 2.10. The Bertz CT molecular complexity index is 564. The molecule has 1 rings (SSSR count).